The Bertz CT molecular complexity index is 458. The fourth-order valence-corrected chi connectivity index (χ4v) is 2.44. The SMILES string of the molecule is CCc1cc2c(cc1C(C)=O)C(C)(C)CCO2. The molecule has 2 heteroatoms. The van der Waals surface area contributed by atoms with Crippen molar-refractivity contribution in [1.82, 2.24) is 0 Å². The fraction of sp³-hybridized carbons (Fsp3) is 0.533. The van der Waals surface area contributed by atoms with Crippen LogP contribution < -0.4 is 4.74 Å². The summed E-state index contributed by atoms with van der Waals surface area (Å²) in [7, 11) is 0. The Morgan fingerprint density at radius 2 is 2.12 bits per heavy atom. The van der Waals surface area contributed by atoms with E-state index in [9.17, 15) is 4.79 Å². The van der Waals surface area contributed by atoms with Crippen molar-refractivity contribution in [3.05, 3.63) is 28.8 Å². The van der Waals surface area contributed by atoms with Gasteiger partial charge in [-0.2, -0.15) is 0 Å². The van der Waals surface area contributed by atoms with Gasteiger partial charge in [-0.25, -0.2) is 0 Å². The average Bonchev–Trinajstić information content (AvgIpc) is 2.27. The second-order valence-corrected chi connectivity index (χ2v) is 5.40. The maximum absolute atomic E-state index is 11.7. The summed E-state index contributed by atoms with van der Waals surface area (Å²) in [6.07, 6.45) is 1.87. The first-order valence-corrected chi connectivity index (χ1v) is 6.27. The lowest BCUT2D eigenvalue weighted by molar-refractivity contribution is 0.101. The summed E-state index contributed by atoms with van der Waals surface area (Å²) in [5.41, 5.74) is 3.22. The highest BCUT2D eigenvalue weighted by molar-refractivity contribution is 5.96. The first kappa shape index (κ1) is 12.2. The van der Waals surface area contributed by atoms with Gasteiger partial charge in [0, 0.05) is 11.1 Å². The third-order valence-electron chi connectivity index (χ3n) is 3.68. The number of ketones is 1. The van der Waals surface area contributed by atoms with E-state index in [1.54, 1.807) is 6.92 Å². The lowest BCUT2D eigenvalue weighted by atomic mass is 9.78. The van der Waals surface area contributed by atoms with Gasteiger partial charge in [-0.1, -0.05) is 20.8 Å². The number of Topliss-reactive ketones (excluding diaryl/α,β-unsaturated/α-hetero) is 1. The number of benzene rings is 1. The minimum Gasteiger partial charge on any atom is -0.493 e. The van der Waals surface area contributed by atoms with Gasteiger partial charge >= 0.3 is 0 Å². The monoisotopic (exact) mass is 232 g/mol. The predicted molar refractivity (Wildman–Crippen MR) is 69.0 cm³/mol. The Kier molecular flexibility index (Phi) is 2.98. The molecule has 0 aliphatic carbocycles. The molecule has 1 aliphatic rings. The molecule has 0 spiro atoms. The van der Waals surface area contributed by atoms with Crippen molar-refractivity contribution in [2.45, 2.75) is 46.0 Å². The molecule has 0 unspecified atom stereocenters. The van der Waals surface area contributed by atoms with Crippen molar-refractivity contribution in [1.29, 1.82) is 0 Å². The molecule has 17 heavy (non-hydrogen) atoms. The van der Waals surface area contributed by atoms with Crippen molar-refractivity contribution in [3.8, 4) is 5.75 Å². The number of rotatable bonds is 2. The number of carbonyl (C=O) groups excluding carboxylic acids is 1. The maximum atomic E-state index is 11.7. The summed E-state index contributed by atoms with van der Waals surface area (Å²) < 4.78 is 5.72. The molecule has 0 fully saturated rings. The Morgan fingerprint density at radius 3 is 2.71 bits per heavy atom. The number of fused-ring (bicyclic) bond motifs is 1. The summed E-state index contributed by atoms with van der Waals surface area (Å²) in [6.45, 7) is 8.90. The van der Waals surface area contributed by atoms with Crippen LogP contribution in [0, 0.1) is 0 Å². The van der Waals surface area contributed by atoms with Crippen LogP contribution in [-0.2, 0) is 11.8 Å². The van der Waals surface area contributed by atoms with Gasteiger partial charge in [-0.15, -0.1) is 0 Å². The lowest BCUT2D eigenvalue weighted by Crippen LogP contribution is -2.27. The lowest BCUT2D eigenvalue weighted by Gasteiger charge is -2.33. The number of ether oxygens (including phenoxy) is 1. The smallest absolute Gasteiger partial charge is 0.160 e. The van der Waals surface area contributed by atoms with Gasteiger partial charge in [0.05, 0.1) is 6.61 Å². The fourth-order valence-electron chi connectivity index (χ4n) is 2.44. The minimum atomic E-state index is 0.101. The van der Waals surface area contributed by atoms with Gasteiger partial charge in [0.2, 0.25) is 0 Å². The van der Waals surface area contributed by atoms with Crippen LogP contribution in [0.2, 0.25) is 0 Å². The van der Waals surface area contributed by atoms with E-state index >= 15 is 0 Å². The number of aryl methyl sites for hydroxylation is 1. The molecule has 0 atom stereocenters. The highest BCUT2D eigenvalue weighted by Gasteiger charge is 2.30. The molecule has 2 rings (SSSR count). The van der Waals surface area contributed by atoms with Crippen molar-refractivity contribution in [3.63, 3.8) is 0 Å². The van der Waals surface area contributed by atoms with Crippen molar-refractivity contribution < 1.29 is 9.53 Å². The van der Waals surface area contributed by atoms with Crippen LogP contribution in [0.3, 0.4) is 0 Å². The number of hydrogen-bond donors (Lipinski definition) is 0. The third kappa shape index (κ3) is 2.08. The second kappa shape index (κ2) is 4.17. The standard InChI is InChI=1S/C15H20O2/c1-5-11-8-14-13(9-12(11)10(2)16)15(3,4)6-7-17-14/h8-9H,5-7H2,1-4H3. The summed E-state index contributed by atoms with van der Waals surface area (Å²) >= 11 is 0. The van der Waals surface area contributed by atoms with Crippen LogP contribution in [-0.4, -0.2) is 12.4 Å². The van der Waals surface area contributed by atoms with Crippen LogP contribution in [0.15, 0.2) is 12.1 Å². The van der Waals surface area contributed by atoms with Gasteiger partial charge in [-0.3, -0.25) is 4.79 Å². The van der Waals surface area contributed by atoms with Gasteiger partial charge in [0.15, 0.2) is 5.78 Å². The molecule has 0 radical (unpaired) electrons. The van der Waals surface area contributed by atoms with Crippen LogP contribution >= 0.6 is 0 Å². The summed E-state index contributed by atoms with van der Waals surface area (Å²) in [4.78, 5) is 11.7. The highest BCUT2D eigenvalue weighted by Crippen LogP contribution is 2.40. The second-order valence-electron chi connectivity index (χ2n) is 5.40. The van der Waals surface area contributed by atoms with Crippen LogP contribution in [0.5, 0.6) is 5.75 Å². The minimum absolute atomic E-state index is 0.101. The van der Waals surface area contributed by atoms with Gasteiger partial charge < -0.3 is 4.74 Å². The average molecular weight is 232 g/mol. The van der Waals surface area contributed by atoms with Crippen molar-refractivity contribution >= 4 is 5.78 Å². The van der Waals surface area contributed by atoms with E-state index in [0.29, 0.717) is 0 Å². The van der Waals surface area contributed by atoms with Gasteiger partial charge in [0.1, 0.15) is 5.75 Å². The zero-order chi connectivity index (χ0) is 12.6. The molecule has 2 nitrogen and oxygen atoms in total. The number of carbonyl (C=O) groups is 1. The zero-order valence-corrected chi connectivity index (χ0v) is 11.1. The Morgan fingerprint density at radius 1 is 1.41 bits per heavy atom. The van der Waals surface area contributed by atoms with Gasteiger partial charge in [0.25, 0.3) is 0 Å². The van der Waals surface area contributed by atoms with Crippen molar-refractivity contribution in [2.75, 3.05) is 6.61 Å². The molecule has 0 N–H and O–H groups in total. The molecule has 0 saturated heterocycles. The van der Waals surface area contributed by atoms with E-state index in [-0.39, 0.29) is 11.2 Å². The molecule has 92 valence electrons. The van der Waals surface area contributed by atoms with E-state index < -0.39 is 0 Å². The normalized spacial score (nSPS) is 17.2. The summed E-state index contributed by atoms with van der Waals surface area (Å²) in [6, 6.07) is 4.09. The largest absolute Gasteiger partial charge is 0.493 e. The Hall–Kier alpha value is -1.31. The molecule has 0 amide bonds. The molecular weight excluding hydrogens is 212 g/mol. The van der Waals surface area contributed by atoms with E-state index in [4.69, 9.17) is 4.74 Å². The summed E-state index contributed by atoms with van der Waals surface area (Å²) in [5, 5.41) is 0. The molecule has 1 heterocycles. The Labute approximate surface area is 103 Å². The maximum Gasteiger partial charge on any atom is 0.160 e. The highest BCUT2D eigenvalue weighted by atomic mass is 16.5. The van der Waals surface area contributed by atoms with E-state index in [1.165, 1.54) is 5.56 Å². The Balaban J connectivity index is 2.62. The number of hydrogen-bond acceptors (Lipinski definition) is 2. The molecule has 0 aromatic heterocycles. The van der Waals surface area contributed by atoms with E-state index in [2.05, 4.69) is 20.8 Å². The first-order chi connectivity index (χ1) is 7.95. The topological polar surface area (TPSA) is 26.3 Å². The zero-order valence-electron chi connectivity index (χ0n) is 11.1. The van der Waals surface area contributed by atoms with Crippen LogP contribution in [0.1, 0.15) is 55.6 Å². The van der Waals surface area contributed by atoms with Crippen molar-refractivity contribution in [2.24, 2.45) is 0 Å². The molecule has 0 bridgehead atoms. The molecule has 1 aromatic carbocycles. The first-order valence-electron chi connectivity index (χ1n) is 6.27. The van der Waals surface area contributed by atoms with Gasteiger partial charge in [-0.05, 0) is 42.9 Å². The van der Waals surface area contributed by atoms with Crippen LogP contribution in [0.25, 0.3) is 0 Å². The van der Waals surface area contributed by atoms with E-state index in [1.807, 2.05) is 12.1 Å². The molecule has 1 aromatic rings. The molecular formula is C15H20O2. The summed E-state index contributed by atoms with van der Waals surface area (Å²) in [5.74, 6) is 1.11. The molecule has 0 saturated carbocycles. The predicted octanol–water partition coefficient (Wildman–Crippen LogP) is 3.51. The van der Waals surface area contributed by atoms with Crippen LogP contribution in [0.4, 0.5) is 0 Å². The third-order valence-corrected chi connectivity index (χ3v) is 3.68. The van der Waals surface area contributed by atoms with E-state index in [0.717, 1.165) is 36.3 Å². The molecule has 1 aliphatic heterocycles. The quantitative estimate of drug-likeness (QED) is 0.729.